The van der Waals surface area contributed by atoms with Crippen molar-refractivity contribution in [3.05, 3.63) is 30.5 Å². The van der Waals surface area contributed by atoms with E-state index in [1.165, 1.54) is 10.9 Å². The maximum absolute atomic E-state index is 5.19. The summed E-state index contributed by atoms with van der Waals surface area (Å²) in [7, 11) is 5.82. The van der Waals surface area contributed by atoms with Gasteiger partial charge in [0.15, 0.2) is 0 Å². The van der Waals surface area contributed by atoms with Crippen LogP contribution in [0.3, 0.4) is 0 Å². The Morgan fingerprint density at radius 3 is 2.73 bits per heavy atom. The van der Waals surface area contributed by atoms with Crippen LogP contribution in [0.1, 0.15) is 0 Å². The van der Waals surface area contributed by atoms with Crippen LogP contribution in [-0.4, -0.2) is 30.7 Å². The average molecular weight is 204 g/mol. The van der Waals surface area contributed by atoms with Gasteiger partial charge >= 0.3 is 0 Å². The molecule has 0 unspecified atom stereocenters. The van der Waals surface area contributed by atoms with Gasteiger partial charge in [-0.2, -0.15) is 0 Å². The van der Waals surface area contributed by atoms with E-state index in [4.69, 9.17) is 4.74 Å². The fraction of sp³-hybridized carbons (Fsp3) is 0.333. The summed E-state index contributed by atoms with van der Waals surface area (Å²) in [4.78, 5) is 2.14. The van der Waals surface area contributed by atoms with Crippen LogP contribution in [0.2, 0.25) is 0 Å². The summed E-state index contributed by atoms with van der Waals surface area (Å²) in [6, 6.07) is 8.26. The Bertz CT molecular complexity index is 460. The Morgan fingerprint density at radius 1 is 1.27 bits per heavy atom. The van der Waals surface area contributed by atoms with Gasteiger partial charge in [0.1, 0.15) is 5.75 Å². The van der Waals surface area contributed by atoms with Crippen LogP contribution in [0.25, 0.3) is 10.9 Å². The van der Waals surface area contributed by atoms with Crippen LogP contribution >= 0.6 is 0 Å². The summed E-state index contributed by atoms with van der Waals surface area (Å²) in [5.41, 5.74) is 1.24. The first-order chi connectivity index (χ1) is 7.20. The summed E-state index contributed by atoms with van der Waals surface area (Å²) < 4.78 is 7.41. The van der Waals surface area contributed by atoms with E-state index in [-0.39, 0.29) is 0 Å². The molecule has 15 heavy (non-hydrogen) atoms. The number of rotatable bonds is 3. The molecule has 0 amide bonds. The lowest BCUT2D eigenvalue weighted by molar-refractivity contribution is 0.332. The fourth-order valence-electron chi connectivity index (χ4n) is 1.73. The minimum Gasteiger partial charge on any atom is -0.497 e. The minimum atomic E-state index is 0.899. The van der Waals surface area contributed by atoms with E-state index in [9.17, 15) is 0 Å². The molecule has 0 spiro atoms. The van der Waals surface area contributed by atoms with Gasteiger partial charge in [0.2, 0.25) is 0 Å². The second-order valence-corrected chi connectivity index (χ2v) is 3.93. The topological polar surface area (TPSA) is 17.4 Å². The van der Waals surface area contributed by atoms with Crippen molar-refractivity contribution in [1.29, 1.82) is 0 Å². The van der Waals surface area contributed by atoms with Crippen LogP contribution in [-0.2, 0) is 6.67 Å². The number of ether oxygens (including phenoxy) is 1. The van der Waals surface area contributed by atoms with E-state index < -0.39 is 0 Å². The van der Waals surface area contributed by atoms with Crippen LogP contribution in [0, 0.1) is 0 Å². The number of hydrogen-bond donors (Lipinski definition) is 0. The molecule has 0 atom stereocenters. The molecule has 2 rings (SSSR count). The minimum absolute atomic E-state index is 0.899. The highest BCUT2D eigenvalue weighted by Crippen LogP contribution is 2.21. The summed E-state index contributed by atoms with van der Waals surface area (Å²) in [5.74, 6) is 0.908. The van der Waals surface area contributed by atoms with Gasteiger partial charge in [-0.1, -0.05) is 0 Å². The molecule has 0 bridgehead atoms. The summed E-state index contributed by atoms with van der Waals surface area (Å²) in [6.45, 7) is 0.899. The molecule has 0 aliphatic rings. The Hall–Kier alpha value is -1.48. The van der Waals surface area contributed by atoms with Crippen LogP contribution in [0.5, 0.6) is 5.75 Å². The molecule has 0 radical (unpaired) electrons. The van der Waals surface area contributed by atoms with Gasteiger partial charge in [0, 0.05) is 17.1 Å². The largest absolute Gasteiger partial charge is 0.497 e. The van der Waals surface area contributed by atoms with E-state index >= 15 is 0 Å². The second kappa shape index (κ2) is 3.95. The van der Waals surface area contributed by atoms with Gasteiger partial charge in [0.25, 0.3) is 0 Å². The molecule has 0 N–H and O–H groups in total. The number of aromatic nitrogens is 1. The van der Waals surface area contributed by atoms with Gasteiger partial charge in [-0.05, 0) is 38.4 Å². The molecule has 80 valence electrons. The van der Waals surface area contributed by atoms with Crippen molar-refractivity contribution in [3.8, 4) is 5.75 Å². The van der Waals surface area contributed by atoms with E-state index in [2.05, 4.69) is 48.0 Å². The highest BCUT2D eigenvalue weighted by Gasteiger charge is 2.02. The number of fused-ring (bicyclic) bond motifs is 1. The maximum Gasteiger partial charge on any atom is 0.119 e. The van der Waals surface area contributed by atoms with Crippen LogP contribution in [0.15, 0.2) is 30.5 Å². The number of benzene rings is 1. The zero-order chi connectivity index (χ0) is 10.8. The van der Waals surface area contributed by atoms with Crippen molar-refractivity contribution in [1.82, 2.24) is 9.47 Å². The third-order valence-corrected chi connectivity index (χ3v) is 2.41. The fourth-order valence-corrected chi connectivity index (χ4v) is 1.73. The van der Waals surface area contributed by atoms with Crippen molar-refractivity contribution in [3.63, 3.8) is 0 Å². The molecule has 0 fully saturated rings. The predicted octanol–water partition coefficient (Wildman–Crippen LogP) is 2.17. The molecule has 3 heteroatoms. The first-order valence-electron chi connectivity index (χ1n) is 4.98. The Balaban J connectivity index is 2.43. The lowest BCUT2D eigenvalue weighted by Gasteiger charge is -2.12. The van der Waals surface area contributed by atoms with E-state index in [1.54, 1.807) is 7.11 Å². The van der Waals surface area contributed by atoms with Crippen molar-refractivity contribution >= 4 is 10.9 Å². The Morgan fingerprint density at radius 2 is 2.07 bits per heavy atom. The summed E-state index contributed by atoms with van der Waals surface area (Å²) in [6.07, 6.45) is 2.10. The van der Waals surface area contributed by atoms with Crippen LogP contribution < -0.4 is 4.74 Å². The Labute approximate surface area is 89.9 Å². The van der Waals surface area contributed by atoms with Crippen molar-refractivity contribution in [2.24, 2.45) is 0 Å². The smallest absolute Gasteiger partial charge is 0.119 e. The van der Waals surface area contributed by atoms with E-state index in [0.717, 1.165) is 12.4 Å². The standard InChI is InChI=1S/C12H16N2O/c1-13(2)9-14-7-6-10-8-11(15-3)4-5-12(10)14/h4-8H,9H2,1-3H3. The Kier molecular flexibility index (Phi) is 2.64. The van der Waals surface area contributed by atoms with Gasteiger partial charge in [-0.25, -0.2) is 0 Å². The quantitative estimate of drug-likeness (QED) is 0.762. The molecule has 0 aliphatic carbocycles. The molecule has 3 nitrogen and oxygen atoms in total. The highest BCUT2D eigenvalue weighted by atomic mass is 16.5. The molecular weight excluding hydrogens is 188 g/mol. The monoisotopic (exact) mass is 204 g/mol. The number of hydrogen-bond acceptors (Lipinski definition) is 2. The summed E-state index contributed by atoms with van der Waals surface area (Å²) in [5, 5.41) is 1.22. The average Bonchev–Trinajstić information content (AvgIpc) is 2.60. The zero-order valence-corrected chi connectivity index (χ0v) is 9.40. The number of methoxy groups -OCH3 is 1. The van der Waals surface area contributed by atoms with Crippen molar-refractivity contribution < 1.29 is 4.74 Å². The van der Waals surface area contributed by atoms with E-state index in [0.29, 0.717) is 0 Å². The molecule has 0 saturated heterocycles. The SMILES string of the molecule is COc1ccc2c(ccn2CN(C)C)c1. The zero-order valence-electron chi connectivity index (χ0n) is 9.40. The lowest BCUT2D eigenvalue weighted by atomic mass is 10.2. The third-order valence-electron chi connectivity index (χ3n) is 2.41. The first-order valence-corrected chi connectivity index (χ1v) is 4.98. The molecule has 1 aromatic heterocycles. The molecule has 2 aromatic rings. The van der Waals surface area contributed by atoms with Gasteiger partial charge in [0.05, 0.1) is 13.8 Å². The van der Waals surface area contributed by atoms with Gasteiger partial charge in [-0.3, -0.25) is 4.90 Å². The molecule has 1 aromatic carbocycles. The molecular formula is C12H16N2O. The van der Waals surface area contributed by atoms with Crippen LogP contribution in [0.4, 0.5) is 0 Å². The molecule has 0 saturated carbocycles. The maximum atomic E-state index is 5.19. The summed E-state index contributed by atoms with van der Waals surface area (Å²) >= 11 is 0. The number of nitrogens with zero attached hydrogens (tertiary/aromatic N) is 2. The van der Waals surface area contributed by atoms with Gasteiger partial charge in [-0.15, -0.1) is 0 Å². The lowest BCUT2D eigenvalue weighted by Crippen LogP contribution is -2.15. The molecule has 0 aliphatic heterocycles. The first kappa shape index (κ1) is 10.1. The van der Waals surface area contributed by atoms with Crippen molar-refractivity contribution in [2.75, 3.05) is 21.2 Å². The van der Waals surface area contributed by atoms with Gasteiger partial charge < -0.3 is 9.30 Å². The third kappa shape index (κ3) is 1.97. The van der Waals surface area contributed by atoms with E-state index in [1.807, 2.05) is 6.07 Å². The normalized spacial score (nSPS) is 11.2. The molecule has 1 heterocycles. The van der Waals surface area contributed by atoms with Crippen molar-refractivity contribution in [2.45, 2.75) is 6.67 Å². The second-order valence-electron chi connectivity index (χ2n) is 3.93. The predicted molar refractivity (Wildman–Crippen MR) is 62.2 cm³/mol. The highest BCUT2D eigenvalue weighted by molar-refractivity contribution is 5.81.